The van der Waals surface area contributed by atoms with Crippen LogP contribution in [0.15, 0.2) is 69.9 Å². The first-order chi connectivity index (χ1) is 25.4. The molecule has 2 aromatic carbocycles. The van der Waals surface area contributed by atoms with Gasteiger partial charge in [-0.25, -0.2) is 4.98 Å². The van der Waals surface area contributed by atoms with Crippen LogP contribution in [-0.4, -0.2) is 101 Å². The third-order valence-electron chi connectivity index (χ3n) is 9.72. The van der Waals surface area contributed by atoms with Crippen molar-refractivity contribution in [3.8, 4) is 11.8 Å². The van der Waals surface area contributed by atoms with Gasteiger partial charge in [0, 0.05) is 27.3 Å². The number of piperidine rings is 2. The molecule has 4 heterocycles. The molecule has 0 saturated carbocycles. The van der Waals surface area contributed by atoms with E-state index in [0.29, 0.717) is 11.4 Å². The van der Waals surface area contributed by atoms with Crippen LogP contribution >= 0.6 is 31.9 Å². The minimum Gasteiger partial charge on any atom is -1.00 e. The van der Waals surface area contributed by atoms with E-state index in [1.165, 1.54) is 53.7 Å². The van der Waals surface area contributed by atoms with Crippen LogP contribution in [0.2, 0.25) is 0 Å². The number of rotatable bonds is 9. The number of hydrogen-bond acceptors (Lipinski definition) is 7. The molecule has 0 bridgehead atoms. The molecular weight excluding hydrogens is 866 g/mol. The van der Waals surface area contributed by atoms with E-state index < -0.39 is 0 Å². The molecule has 2 aliphatic heterocycles. The van der Waals surface area contributed by atoms with Gasteiger partial charge < -0.3 is 38.8 Å². The van der Waals surface area contributed by atoms with Gasteiger partial charge in [0.2, 0.25) is 0 Å². The molecule has 8 nitrogen and oxygen atoms in total. The van der Waals surface area contributed by atoms with Crippen molar-refractivity contribution in [2.24, 2.45) is 5.92 Å². The van der Waals surface area contributed by atoms with E-state index in [1.807, 2.05) is 25.1 Å². The number of aromatic nitrogens is 2. The number of Topliss-reactive ketones (excluding diaryl/α,β-unsaturated/α-hetero) is 1. The molecule has 6 rings (SSSR count). The zero-order chi connectivity index (χ0) is 38.3. The Bertz CT molecular complexity index is 1840. The van der Waals surface area contributed by atoms with Gasteiger partial charge in [0.1, 0.15) is 23.2 Å². The number of benzene rings is 2. The van der Waals surface area contributed by atoms with Crippen molar-refractivity contribution >= 4 is 60.7 Å². The van der Waals surface area contributed by atoms with Gasteiger partial charge >= 0.3 is 23.1 Å². The quantitative estimate of drug-likeness (QED) is 0.127. The maximum Gasteiger partial charge on any atom is 2.00 e. The summed E-state index contributed by atoms with van der Waals surface area (Å²) in [5, 5.41) is 9.09. The molecule has 298 valence electrons. The van der Waals surface area contributed by atoms with Gasteiger partial charge in [-0.2, -0.15) is 18.1 Å². The van der Waals surface area contributed by atoms with Crippen LogP contribution in [0.4, 0.5) is 0 Å². The fourth-order valence-electron chi connectivity index (χ4n) is 6.87. The fourth-order valence-corrected chi connectivity index (χ4v) is 7.63. The van der Waals surface area contributed by atoms with Crippen molar-refractivity contribution in [1.82, 2.24) is 19.8 Å². The molecule has 0 unspecified atom stereocenters. The second kappa shape index (κ2) is 26.6. The first kappa shape index (κ1) is 51.6. The number of carbonyl (C=O) groups excluding carboxylic acids is 1. The van der Waals surface area contributed by atoms with E-state index in [4.69, 9.17) is 10.00 Å². The number of nitriles is 1. The Morgan fingerprint density at radius 3 is 1.82 bits per heavy atom. The van der Waals surface area contributed by atoms with Gasteiger partial charge in [-0.15, -0.1) is 0 Å². The molecule has 2 fully saturated rings. The predicted molar refractivity (Wildman–Crippen MR) is 232 cm³/mol. The summed E-state index contributed by atoms with van der Waals surface area (Å²) in [6.45, 7) is 10.8. The van der Waals surface area contributed by atoms with E-state index in [-0.39, 0.29) is 52.6 Å². The Hall–Kier alpha value is -2.40. The summed E-state index contributed by atoms with van der Waals surface area (Å²) in [5.41, 5.74) is 9.45. The first-order valence-electron chi connectivity index (χ1n) is 18.6. The van der Waals surface area contributed by atoms with Crippen molar-refractivity contribution in [1.29, 1.82) is 5.26 Å². The third kappa shape index (κ3) is 17.2. The van der Waals surface area contributed by atoms with Gasteiger partial charge in [0.25, 0.3) is 0 Å². The molecule has 0 spiro atoms. The number of carbonyl (C=O) groups is 1. The summed E-state index contributed by atoms with van der Waals surface area (Å²) < 4.78 is 7.11. The Kier molecular flexibility index (Phi) is 24.5. The van der Waals surface area contributed by atoms with Crippen LogP contribution in [-0.2, 0) is 25.7 Å². The average molecular weight is 923 g/mol. The smallest absolute Gasteiger partial charge is 1.00 e. The van der Waals surface area contributed by atoms with Gasteiger partial charge in [-0.1, -0.05) is 35.4 Å². The summed E-state index contributed by atoms with van der Waals surface area (Å²) in [6, 6.07) is 19.0. The van der Waals surface area contributed by atoms with Crippen molar-refractivity contribution in [3.05, 3.63) is 127 Å². The Balaban J connectivity index is 0.000000465. The van der Waals surface area contributed by atoms with E-state index in [1.54, 1.807) is 19.5 Å². The number of ether oxygens (including phenoxy) is 1. The third-order valence-corrected chi connectivity index (χ3v) is 10.6. The van der Waals surface area contributed by atoms with E-state index in [0.717, 1.165) is 77.4 Å². The predicted octanol–water partition coefficient (Wildman–Crippen LogP) is 5.30. The summed E-state index contributed by atoms with van der Waals surface area (Å²) >= 11 is 6.91. The normalized spacial score (nSPS) is 14.2. The number of aryl methyl sites for hydroxylation is 7. The molecule has 0 amide bonds. The Morgan fingerprint density at radius 2 is 1.29 bits per heavy atom. The molecule has 0 atom stereocenters. The van der Waals surface area contributed by atoms with Crippen LogP contribution in [0.5, 0.6) is 5.75 Å². The zero-order valence-electron chi connectivity index (χ0n) is 33.8. The molecule has 12 heteroatoms. The minimum atomic E-state index is 0. The van der Waals surface area contributed by atoms with Crippen molar-refractivity contribution in [2.75, 3.05) is 47.4 Å². The molecule has 0 aliphatic carbocycles. The number of pyridine rings is 2. The summed E-state index contributed by atoms with van der Waals surface area (Å²) in [6.07, 6.45) is 13.6. The van der Waals surface area contributed by atoms with Crippen LogP contribution in [0.1, 0.15) is 80.8 Å². The second-order valence-electron chi connectivity index (χ2n) is 14.4. The van der Waals surface area contributed by atoms with Gasteiger partial charge in [-0.05, 0) is 184 Å². The van der Waals surface area contributed by atoms with Crippen molar-refractivity contribution in [2.45, 2.75) is 72.1 Å². The second-order valence-corrected chi connectivity index (χ2v) is 16.2. The first-order valence-corrected chi connectivity index (χ1v) is 20.2. The van der Waals surface area contributed by atoms with E-state index in [2.05, 4.69) is 122 Å². The Labute approximate surface area is 374 Å². The topological polar surface area (TPSA) is 114 Å². The molecule has 2 aliphatic rings. The number of likely N-dealkylation sites (tertiary alicyclic amines) is 2. The molecule has 2 N–H and O–H groups in total. The van der Waals surface area contributed by atoms with Crippen LogP contribution in [0, 0.1) is 44.4 Å². The van der Waals surface area contributed by atoms with Crippen LogP contribution in [0.3, 0.4) is 0 Å². The zero-order valence-corrected chi connectivity index (χ0v) is 39.1. The minimum absolute atomic E-state index is 0. The van der Waals surface area contributed by atoms with Gasteiger partial charge in [0.15, 0.2) is 5.78 Å². The monoisotopic (exact) mass is 919 g/mol. The maximum absolute atomic E-state index is 13.1. The average Bonchev–Trinajstić information content (AvgIpc) is 3.13. The summed E-state index contributed by atoms with van der Waals surface area (Å²) in [5.74, 6) is 1.20. The molecule has 4 aromatic rings. The van der Waals surface area contributed by atoms with Gasteiger partial charge in [-0.3, -0.25) is 9.78 Å². The number of hydrogen-bond donors (Lipinski definition) is 0. The number of halogens is 3. The molecule has 0 radical (unpaired) electrons. The maximum atomic E-state index is 13.1. The van der Waals surface area contributed by atoms with E-state index in [9.17, 15) is 4.79 Å². The number of methoxy groups -OCH3 is 1. The molecular formula is C44H56Br2ClMgN5O3. The van der Waals surface area contributed by atoms with Crippen LogP contribution < -0.4 is 17.1 Å². The number of ketones is 1. The molecule has 2 saturated heterocycles. The largest absolute Gasteiger partial charge is 2.00 e. The standard InChI is InChI=1S/C22H27BrN2O.C16H15BrN2O.C6H12N.ClH.Mg.H2O/c1-15-10-16(2)12-17(11-15)4-5-19-13-20(23)14-24-21(19)22(26)18-6-8-25(3)9-7-18;1-11-5-12(7-15(6-11)20-2)3-4-13-8-14(17)10-19-16(13)9-18;1-7-5-3-2-4-6-7;;;/h10-14,18H,4-9H2,1-3H3;5-8,10H,3-4H2,1-2H3;2H,3-6H2,1H3;1H;;1H2/q;;-1;;+2;/p-1. The van der Waals surface area contributed by atoms with Crippen molar-refractivity contribution < 1.29 is 27.4 Å². The van der Waals surface area contributed by atoms with Crippen LogP contribution in [0.25, 0.3) is 0 Å². The Morgan fingerprint density at radius 1 is 0.786 bits per heavy atom. The van der Waals surface area contributed by atoms with Crippen molar-refractivity contribution in [3.63, 3.8) is 0 Å². The van der Waals surface area contributed by atoms with E-state index >= 15 is 0 Å². The fraction of sp³-hybridized carbons (Fsp3) is 0.432. The summed E-state index contributed by atoms with van der Waals surface area (Å²) in [4.78, 5) is 26.4. The summed E-state index contributed by atoms with van der Waals surface area (Å²) in [7, 11) is 5.96. The van der Waals surface area contributed by atoms with Gasteiger partial charge in [0.05, 0.1) is 7.11 Å². The molecule has 2 aromatic heterocycles. The molecule has 56 heavy (non-hydrogen) atoms. The SMILES string of the molecule is CN1CC[CH-]CC1.COc1cc(C)cc(CCc2cc(Br)cnc2C#N)c1.Cc1cc(C)cc(CCc2cc(Br)cnc2C(=O)C2CCN(C)CC2)c1.O.[Cl-].[Mg+2]. The number of nitrogens with zero attached hydrogens (tertiary/aromatic N) is 5.